The number of phenols is 2. The molecule has 224 valence electrons. The number of hydrogen-bond acceptors (Lipinski definition) is 14. The molecule has 2 aromatic carbocycles. The lowest BCUT2D eigenvalue weighted by Crippen LogP contribution is -2.61. The molecule has 8 N–H and O–H groups in total. The minimum absolute atomic E-state index is 0.00149. The summed E-state index contributed by atoms with van der Waals surface area (Å²) in [7, 11) is 0. The zero-order valence-corrected chi connectivity index (χ0v) is 21.8. The van der Waals surface area contributed by atoms with E-state index in [9.17, 15) is 45.6 Å². The third kappa shape index (κ3) is 5.83. The van der Waals surface area contributed by atoms with E-state index in [1.807, 2.05) is 0 Å². The van der Waals surface area contributed by atoms with Gasteiger partial charge in [-0.15, -0.1) is 0 Å². The highest BCUT2D eigenvalue weighted by Crippen LogP contribution is 2.42. The zero-order valence-electron chi connectivity index (χ0n) is 21.8. The Kier molecular flexibility index (Phi) is 8.39. The van der Waals surface area contributed by atoms with Crippen molar-refractivity contribution >= 4 is 5.78 Å². The molecular weight excluding hydrogens is 548 g/mol. The average Bonchev–Trinajstić information content (AvgIpc) is 2.94. The van der Waals surface area contributed by atoms with Gasteiger partial charge in [0, 0.05) is 12.1 Å². The molecule has 2 fully saturated rings. The van der Waals surface area contributed by atoms with Gasteiger partial charge in [0.15, 0.2) is 12.1 Å². The summed E-state index contributed by atoms with van der Waals surface area (Å²) in [5, 5.41) is 81.5. The van der Waals surface area contributed by atoms with Crippen molar-refractivity contribution in [2.45, 2.75) is 80.9 Å². The molecule has 0 radical (unpaired) electrons. The molecule has 5 rings (SSSR count). The Bertz CT molecular complexity index is 1240. The maximum absolute atomic E-state index is 12.8. The first-order valence-corrected chi connectivity index (χ1v) is 13.0. The van der Waals surface area contributed by atoms with Crippen LogP contribution in [-0.4, -0.2) is 115 Å². The molecule has 14 nitrogen and oxygen atoms in total. The SMILES string of the molecule is C[C@H]1O[C@@H](OC[C@H]2O[C@@H](Oc3cc(O)c4c(c3)O[C@H](c3ccc(O)cc3)CC4=O)[C@H](O)[C@@H](O)[C@@H]2O)[C@@H](O)[C@@H](O)[C@@H]1O. The van der Waals surface area contributed by atoms with E-state index in [2.05, 4.69) is 0 Å². The van der Waals surface area contributed by atoms with Gasteiger partial charge in [-0.25, -0.2) is 0 Å². The number of carbonyl (C=O) groups is 1. The summed E-state index contributed by atoms with van der Waals surface area (Å²) in [6.07, 6.45) is -15.6. The smallest absolute Gasteiger partial charge is 0.229 e. The van der Waals surface area contributed by atoms with E-state index in [0.717, 1.165) is 6.07 Å². The third-order valence-electron chi connectivity index (χ3n) is 7.39. The fraction of sp³-hybridized carbons (Fsp3) is 0.519. The topological polar surface area (TPSA) is 225 Å². The molecule has 0 aromatic heterocycles. The maximum Gasteiger partial charge on any atom is 0.229 e. The Hall–Kier alpha value is -3.05. The van der Waals surface area contributed by atoms with Gasteiger partial charge in [-0.2, -0.15) is 0 Å². The number of ketones is 1. The van der Waals surface area contributed by atoms with Crippen LogP contribution in [0.3, 0.4) is 0 Å². The number of rotatable bonds is 6. The molecule has 14 heteroatoms. The van der Waals surface area contributed by atoms with E-state index < -0.39 is 85.7 Å². The molecule has 3 heterocycles. The van der Waals surface area contributed by atoms with Gasteiger partial charge >= 0.3 is 0 Å². The first-order valence-electron chi connectivity index (χ1n) is 13.0. The molecule has 0 unspecified atom stereocenters. The standard InChI is InChI=1S/C27H32O14/c1-10-20(31)22(33)24(35)26(38-10)37-9-18-21(32)23(34)25(36)27(41-18)39-13-6-14(29)19-15(30)8-16(40-17(19)7-13)11-2-4-12(28)5-3-11/h2-7,10,16,18,20-29,31-36H,8-9H2,1H3/t10-,16+,18-,20-,21-,22+,23+,24+,25-,26-,27-/m1/s1. The largest absolute Gasteiger partial charge is 0.508 e. The zero-order chi connectivity index (χ0) is 29.6. The number of Topliss-reactive ketones (excluding diaryl/α,β-unsaturated/α-hetero) is 1. The van der Waals surface area contributed by atoms with E-state index in [0.29, 0.717) is 5.56 Å². The number of aliphatic hydroxyl groups excluding tert-OH is 6. The fourth-order valence-electron chi connectivity index (χ4n) is 4.98. The molecule has 3 aliphatic heterocycles. The molecule has 2 aromatic rings. The second-order valence-electron chi connectivity index (χ2n) is 10.3. The van der Waals surface area contributed by atoms with Crippen LogP contribution in [0.15, 0.2) is 36.4 Å². The van der Waals surface area contributed by atoms with Crippen LogP contribution in [0.5, 0.6) is 23.0 Å². The Morgan fingerprint density at radius 3 is 2.20 bits per heavy atom. The van der Waals surface area contributed by atoms with Gasteiger partial charge < -0.3 is 64.5 Å². The fourth-order valence-corrected chi connectivity index (χ4v) is 4.98. The first-order chi connectivity index (χ1) is 19.4. The lowest BCUT2D eigenvalue weighted by Gasteiger charge is -2.42. The van der Waals surface area contributed by atoms with Crippen LogP contribution in [0, 0.1) is 0 Å². The van der Waals surface area contributed by atoms with Crippen LogP contribution < -0.4 is 9.47 Å². The van der Waals surface area contributed by atoms with Crippen molar-refractivity contribution in [3.8, 4) is 23.0 Å². The van der Waals surface area contributed by atoms with Crippen molar-refractivity contribution < 1.29 is 69.3 Å². The van der Waals surface area contributed by atoms with Crippen LogP contribution >= 0.6 is 0 Å². The Labute approximate surface area is 233 Å². The first kappa shape index (κ1) is 29.4. The molecular formula is C27H32O14. The number of fused-ring (bicyclic) bond motifs is 1. The molecule has 0 saturated carbocycles. The molecule has 0 aliphatic carbocycles. The van der Waals surface area contributed by atoms with Gasteiger partial charge in [-0.1, -0.05) is 12.1 Å². The van der Waals surface area contributed by atoms with Crippen LogP contribution in [-0.2, 0) is 14.2 Å². The number of ether oxygens (including phenoxy) is 5. The van der Waals surface area contributed by atoms with Gasteiger partial charge in [0.2, 0.25) is 6.29 Å². The summed E-state index contributed by atoms with van der Waals surface area (Å²) in [6, 6.07) is 8.51. The summed E-state index contributed by atoms with van der Waals surface area (Å²) in [5.41, 5.74) is 0.550. The van der Waals surface area contributed by atoms with Crippen molar-refractivity contribution in [1.82, 2.24) is 0 Å². The molecule has 0 bridgehead atoms. The van der Waals surface area contributed by atoms with E-state index in [4.69, 9.17) is 23.7 Å². The highest BCUT2D eigenvalue weighted by Gasteiger charge is 2.47. The van der Waals surface area contributed by atoms with E-state index in [1.54, 1.807) is 12.1 Å². The van der Waals surface area contributed by atoms with Gasteiger partial charge in [-0.3, -0.25) is 4.79 Å². The van der Waals surface area contributed by atoms with Gasteiger partial charge in [-0.05, 0) is 24.6 Å². The van der Waals surface area contributed by atoms with Crippen LogP contribution in [0.2, 0.25) is 0 Å². The molecule has 41 heavy (non-hydrogen) atoms. The summed E-state index contributed by atoms with van der Waals surface area (Å²) < 4.78 is 28.0. The second-order valence-corrected chi connectivity index (χ2v) is 10.3. The normalized spacial score (nSPS) is 37.2. The van der Waals surface area contributed by atoms with Gasteiger partial charge in [0.05, 0.1) is 19.1 Å². The quantitative estimate of drug-likeness (QED) is 0.202. The molecule has 3 aliphatic rings. The lowest BCUT2D eigenvalue weighted by molar-refractivity contribution is -0.318. The predicted octanol–water partition coefficient (Wildman–Crippen LogP) is -1.17. The number of phenolic OH excluding ortho intramolecular Hbond substituents is 2. The number of benzene rings is 2. The summed E-state index contributed by atoms with van der Waals surface area (Å²) in [5.74, 6) is -0.893. The minimum atomic E-state index is -1.76. The second kappa shape index (κ2) is 11.7. The summed E-state index contributed by atoms with van der Waals surface area (Å²) in [4.78, 5) is 12.8. The van der Waals surface area contributed by atoms with Gasteiger partial charge in [0.1, 0.15) is 77.4 Å². The highest BCUT2D eigenvalue weighted by atomic mass is 16.7. The number of carbonyl (C=O) groups excluding carboxylic acids is 1. The average molecular weight is 581 g/mol. The van der Waals surface area contributed by atoms with Crippen LogP contribution in [0.4, 0.5) is 0 Å². The van der Waals surface area contributed by atoms with E-state index in [-0.39, 0.29) is 29.2 Å². The van der Waals surface area contributed by atoms with E-state index in [1.165, 1.54) is 25.1 Å². The molecule has 11 atom stereocenters. The Morgan fingerprint density at radius 1 is 0.829 bits per heavy atom. The van der Waals surface area contributed by atoms with Crippen molar-refractivity contribution in [3.05, 3.63) is 47.5 Å². The van der Waals surface area contributed by atoms with Crippen molar-refractivity contribution in [2.75, 3.05) is 6.61 Å². The number of aromatic hydroxyl groups is 2. The Balaban J connectivity index is 1.30. The van der Waals surface area contributed by atoms with Crippen LogP contribution in [0.25, 0.3) is 0 Å². The number of aliphatic hydroxyl groups is 6. The summed E-state index contributed by atoms with van der Waals surface area (Å²) >= 11 is 0. The third-order valence-corrected chi connectivity index (χ3v) is 7.39. The van der Waals surface area contributed by atoms with Crippen molar-refractivity contribution in [1.29, 1.82) is 0 Å². The number of hydrogen-bond donors (Lipinski definition) is 8. The van der Waals surface area contributed by atoms with Crippen molar-refractivity contribution in [2.24, 2.45) is 0 Å². The van der Waals surface area contributed by atoms with Crippen LogP contribution in [0.1, 0.15) is 35.4 Å². The molecule has 0 spiro atoms. The monoisotopic (exact) mass is 580 g/mol. The molecule has 2 saturated heterocycles. The Morgan fingerprint density at radius 2 is 1.49 bits per heavy atom. The predicted molar refractivity (Wildman–Crippen MR) is 134 cm³/mol. The molecule has 0 amide bonds. The van der Waals surface area contributed by atoms with Gasteiger partial charge in [0.25, 0.3) is 0 Å². The maximum atomic E-state index is 12.8. The summed E-state index contributed by atoms with van der Waals surface area (Å²) in [6.45, 7) is 0.980. The van der Waals surface area contributed by atoms with E-state index >= 15 is 0 Å². The minimum Gasteiger partial charge on any atom is -0.508 e. The van der Waals surface area contributed by atoms with Crippen molar-refractivity contribution in [3.63, 3.8) is 0 Å². The highest BCUT2D eigenvalue weighted by molar-refractivity contribution is 6.02. The lowest BCUT2D eigenvalue weighted by atomic mass is 9.95.